The molecule has 136 valence electrons. The topological polar surface area (TPSA) is 75.6 Å². The van der Waals surface area contributed by atoms with E-state index in [0.717, 1.165) is 6.07 Å². The van der Waals surface area contributed by atoms with E-state index in [4.69, 9.17) is 16.3 Å². The fourth-order valence-corrected chi connectivity index (χ4v) is 2.94. The van der Waals surface area contributed by atoms with Gasteiger partial charge in [0.15, 0.2) is 0 Å². The third-order valence-corrected chi connectivity index (χ3v) is 4.26. The van der Waals surface area contributed by atoms with Crippen molar-refractivity contribution in [3.8, 4) is 5.75 Å². The van der Waals surface area contributed by atoms with Gasteiger partial charge in [0.25, 0.3) is 5.91 Å². The van der Waals surface area contributed by atoms with Crippen LogP contribution in [-0.2, 0) is 9.59 Å². The van der Waals surface area contributed by atoms with Crippen molar-refractivity contribution >= 4 is 29.2 Å². The van der Waals surface area contributed by atoms with Crippen LogP contribution in [0.3, 0.4) is 0 Å². The molecular formula is C18H21ClFNO4. The van der Waals surface area contributed by atoms with E-state index in [9.17, 15) is 19.1 Å². The molecule has 2 N–H and O–H groups in total. The van der Waals surface area contributed by atoms with Crippen LogP contribution in [0.1, 0.15) is 40.0 Å². The van der Waals surface area contributed by atoms with Crippen LogP contribution < -0.4 is 10.1 Å². The van der Waals surface area contributed by atoms with E-state index < -0.39 is 17.7 Å². The number of aliphatic carboxylic acids is 1. The zero-order chi connectivity index (χ0) is 18.7. The van der Waals surface area contributed by atoms with Gasteiger partial charge in [-0.3, -0.25) is 4.79 Å². The van der Waals surface area contributed by atoms with E-state index in [2.05, 4.69) is 5.32 Å². The fourth-order valence-electron chi connectivity index (χ4n) is 2.75. The molecule has 5 nitrogen and oxygen atoms in total. The summed E-state index contributed by atoms with van der Waals surface area (Å²) in [6.07, 6.45) is 1.21. The Labute approximate surface area is 150 Å². The normalized spacial score (nSPS) is 17.6. The summed E-state index contributed by atoms with van der Waals surface area (Å²) in [6.45, 7) is 5.53. The van der Waals surface area contributed by atoms with Crippen molar-refractivity contribution in [3.05, 3.63) is 34.1 Å². The zero-order valence-electron chi connectivity index (χ0n) is 14.4. The summed E-state index contributed by atoms with van der Waals surface area (Å²) in [5.41, 5.74) is 0.177. The number of carbonyl (C=O) groups excluding carboxylic acids is 1. The van der Waals surface area contributed by atoms with Gasteiger partial charge in [-0.15, -0.1) is 0 Å². The van der Waals surface area contributed by atoms with Crippen LogP contribution in [0.2, 0.25) is 5.02 Å². The Morgan fingerprint density at radius 2 is 2.04 bits per heavy atom. The molecule has 0 spiro atoms. The molecule has 0 aliphatic heterocycles. The third-order valence-electron chi connectivity index (χ3n) is 3.97. The molecule has 2 rings (SSSR count). The molecule has 0 radical (unpaired) electrons. The summed E-state index contributed by atoms with van der Waals surface area (Å²) in [7, 11) is 0. The predicted octanol–water partition coefficient (Wildman–Crippen LogP) is 4.41. The number of benzene rings is 1. The average molecular weight is 370 g/mol. The maximum atomic E-state index is 14.1. The van der Waals surface area contributed by atoms with Crippen molar-refractivity contribution < 1.29 is 23.8 Å². The number of ether oxygens (including phenoxy) is 1. The molecule has 1 aromatic carbocycles. The molecule has 0 saturated carbocycles. The van der Waals surface area contributed by atoms with Gasteiger partial charge in [-0.25, -0.2) is 9.18 Å². The number of hydrogen-bond acceptors (Lipinski definition) is 3. The first-order valence-electron chi connectivity index (χ1n) is 8.11. The molecule has 0 bridgehead atoms. The maximum absolute atomic E-state index is 14.1. The Kier molecular flexibility index (Phi) is 6.06. The summed E-state index contributed by atoms with van der Waals surface area (Å²) < 4.78 is 19.6. The average Bonchev–Trinajstić information content (AvgIpc) is 2.51. The molecule has 25 heavy (non-hydrogen) atoms. The van der Waals surface area contributed by atoms with Gasteiger partial charge >= 0.3 is 5.97 Å². The van der Waals surface area contributed by atoms with Gasteiger partial charge < -0.3 is 15.2 Å². The molecule has 1 unspecified atom stereocenters. The van der Waals surface area contributed by atoms with Crippen molar-refractivity contribution in [1.29, 1.82) is 0 Å². The zero-order valence-corrected chi connectivity index (χ0v) is 15.1. The molecule has 1 atom stereocenters. The third kappa shape index (κ3) is 4.72. The second-order valence-corrected chi connectivity index (χ2v) is 6.90. The summed E-state index contributed by atoms with van der Waals surface area (Å²) in [5, 5.41) is 11.9. The van der Waals surface area contributed by atoms with E-state index in [1.807, 2.05) is 6.92 Å². The lowest BCUT2D eigenvalue weighted by atomic mass is 9.84. The first kappa shape index (κ1) is 19.2. The summed E-state index contributed by atoms with van der Waals surface area (Å²) in [5.74, 6) is -1.99. The Bertz CT molecular complexity index is 730. The molecule has 1 aliphatic carbocycles. The first-order chi connectivity index (χ1) is 11.7. The Morgan fingerprint density at radius 1 is 1.36 bits per heavy atom. The number of anilines is 1. The number of rotatable bonds is 5. The van der Waals surface area contributed by atoms with E-state index in [0.29, 0.717) is 19.3 Å². The molecular weight excluding hydrogens is 349 g/mol. The molecule has 0 fully saturated rings. The van der Waals surface area contributed by atoms with Crippen LogP contribution in [0.4, 0.5) is 10.1 Å². The van der Waals surface area contributed by atoms with Gasteiger partial charge in [0.1, 0.15) is 11.6 Å². The predicted molar refractivity (Wildman–Crippen MR) is 93.5 cm³/mol. The van der Waals surface area contributed by atoms with Crippen LogP contribution >= 0.6 is 11.6 Å². The Balaban J connectivity index is 2.30. The number of carbonyl (C=O) groups is 2. The standard InChI is InChI=1S/C18H21ClFNO4/c1-9(2)25-16-8-15(14(20)7-13(16)19)21-17(22)11-5-4-10(3)6-12(11)18(23)24/h7-10H,4-6H2,1-3H3,(H,21,22)(H,23,24). The minimum atomic E-state index is -1.11. The van der Waals surface area contributed by atoms with Gasteiger partial charge in [0.2, 0.25) is 0 Å². The molecule has 1 amide bonds. The lowest BCUT2D eigenvalue weighted by Crippen LogP contribution is -2.24. The maximum Gasteiger partial charge on any atom is 0.332 e. The van der Waals surface area contributed by atoms with Crippen LogP contribution in [0.5, 0.6) is 5.75 Å². The lowest BCUT2D eigenvalue weighted by molar-refractivity contribution is -0.133. The van der Waals surface area contributed by atoms with Crippen molar-refractivity contribution in [3.63, 3.8) is 0 Å². The van der Waals surface area contributed by atoms with Gasteiger partial charge in [-0.1, -0.05) is 18.5 Å². The van der Waals surface area contributed by atoms with Crippen molar-refractivity contribution in [1.82, 2.24) is 0 Å². The number of nitrogens with one attached hydrogen (secondary N) is 1. The first-order valence-corrected chi connectivity index (χ1v) is 8.49. The summed E-state index contributed by atoms with van der Waals surface area (Å²) in [4.78, 5) is 23.9. The molecule has 0 aromatic heterocycles. The van der Waals surface area contributed by atoms with Crippen molar-refractivity contribution in [2.45, 2.75) is 46.1 Å². The number of carboxylic acid groups (broad SMARTS) is 1. The van der Waals surface area contributed by atoms with Crippen LogP contribution in [0.15, 0.2) is 23.3 Å². The quantitative estimate of drug-likeness (QED) is 0.806. The molecule has 7 heteroatoms. The second-order valence-electron chi connectivity index (χ2n) is 6.49. The second kappa shape index (κ2) is 7.87. The van der Waals surface area contributed by atoms with E-state index >= 15 is 0 Å². The molecule has 0 saturated heterocycles. The number of amides is 1. The highest BCUT2D eigenvalue weighted by Gasteiger charge is 2.27. The Hall–Kier alpha value is -2.08. The minimum absolute atomic E-state index is 0.0873. The van der Waals surface area contributed by atoms with Crippen LogP contribution in [0, 0.1) is 11.7 Å². The van der Waals surface area contributed by atoms with Crippen LogP contribution in [0.25, 0.3) is 0 Å². The monoisotopic (exact) mass is 369 g/mol. The summed E-state index contributed by atoms with van der Waals surface area (Å²) in [6, 6.07) is 2.37. The van der Waals surface area contributed by atoms with E-state index in [1.165, 1.54) is 6.07 Å². The molecule has 1 aliphatic rings. The van der Waals surface area contributed by atoms with Gasteiger partial charge in [-0.2, -0.15) is 0 Å². The van der Waals surface area contributed by atoms with E-state index in [1.54, 1.807) is 13.8 Å². The minimum Gasteiger partial charge on any atom is -0.489 e. The van der Waals surface area contributed by atoms with E-state index in [-0.39, 0.29) is 39.6 Å². The van der Waals surface area contributed by atoms with Gasteiger partial charge in [-0.05, 0) is 45.1 Å². The number of carboxylic acids is 1. The molecule has 0 heterocycles. The Morgan fingerprint density at radius 3 is 2.64 bits per heavy atom. The van der Waals surface area contributed by atoms with Gasteiger partial charge in [0, 0.05) is 17.2 Å². The highest BCUT2D eigenvalue weighted by molar-refractivity contribution is 6.32. The SMILES string of the molecule is CC1CCC(C(=O)Nc2cc(OC(C)C)c(Cl)cc2F)=C(C(=O)O)C1. The van der Waals surface area contributed by atoms with Gasteiger partial charge in [0.05, 0.1) is 16.8 Å². The number of hydrogen-bond donors (Lipinski definition) is 2. The number of halogens is 2. The molecule has 1 aromatic rings. The lowest BCUT2D eigenvalue weighted by Gasteiger charge is -2.22. The largest absolute Gasteiger partial charge is 0.489 e. The van der Waals surface area contributed by atoms with Crippen molar-refractivity contribution in [2.24, 2.45) is 5.92 Å². The van der Waals surface area contributed by atoms with Crippen LogP contribution in [-0.4, -0.2) is 23.1 Å². The highest BCUT2D eigenvalue weighted by atomic mass is 35.5. The summed E-state index contributed by atoms with van der Waals surface area (Å²) >= 11 is 5.95. The smallest absolute Gasteiger partial charge is 0.332 e. The highest BCUT2D eigenvalue weighted by Crippen LogP contribution is 2.33. The van der Waals surface area contributed by atoms with Crippen molar-refractivity contribution in [2.75, 3.05) is 5.32 Å². The fraction of sp³-hybridized carbons (Fsp3) is 0.444.